The second-order valence-electron chi connectivity index (χ2n) is 4.50. The summed E-state index contributed by atoms with van der Waals surface area (Å²) in [5, 5.41) is 1.58. The van der Waals surface area contributed by atoms with Crippen LogP contribution in [0.1, 0.15) is 12.8 Å². The molecule has 0 aliphatic carbocycles. The molecule has 0 bridgehead atoms. The third-order valence-electron chi connectivity index (χ3n) is 3.01. The van der Waals surface area contributed by atoms with Gasteiger partial charge in [-0.05, 0) is 18.9 Å². The Kier molecular flexibility index (Phi) is 4.90. The van der Waals surface area contributed by atoms with E-state index in [1.165, 1.54) is 0 Å². The lowest BCUT2D eigenvalue weighted by Gasteiger charge is -2.40. The van der Waals surface area contributed by atoms with E-state index in [2.05, 4.69) is 6.58 Å². The summed E-state index contributed by atoms with van der Waals surface area (Å²) >= 11 is 0. The van der Waals surface area contributed by atoms with Gasteiger partial charge in [-0.15, -0.1) is 0 Å². The number of halogens is 6. The summed E-state index contributed by atoms with van der Waals surface area (Å²) in [6, 6.07) is -3.29. The summed E-state index contributed by atoms with van der Waals surface area (Å²) in [6.45, 7) is 2.40. The number of nitrogens with zero attached hydrogens (tertiary/aromatic N) is 1. The van der Waals surface area contributed by atoms with Crippen LogP contribution in [-0.4, -0.2) is 47.7 Å². The van der Waals surface area contributed by atoms with Crippen LogP contribution >= 0.6 is 0 Å². The van der Waals surface area contributed by atoms with Crippen molar-refractivity contribution in [1.82, 2.24) is 10.2 Å². The smallest absolute Gasteiger partial charge is 0.344 e. The molecule has 1 rings (SSSR count). The lowest BCUT2D eigenvalue weighted by molar-refractivity contribution is -0.196. The fourth-order valence-electron chi connectivity index (χ4n) is 2.06. The predicted octanol–water partition coefficient (Wildman–Crippen LogP) is 1.77. The van der Waals surface area contributed by atoms with Gasteiger partial charge < -0.3 is 10.2 Å². The van der Waals surface area contributed by atoms with Crippen LogP contribution in [0.5, 0.6) is 0 Å². The Labute approximate surface area is 115 Å². The van der Waals surface area contributed by atoms with Gasteiger partial charge in [0.05, 0.1) is 0 Å². The molecule has 4 nitrogen and oxygen atoms in total. The van der Waals surface area contributed by atoms with Crippen molar-refractivity contribution in [2.24, 2.45) is 0 Å². The molecule has 0 saturated carbocycles. The first-order valence-electron chi connectivity index (χ1n) is 5.84. The molecule has 1 saturated heterocycles. The summed E-state index contributed by atoms with van der Waals surface area (Å²) < 4.78 is 74.6. The minimum absolute atomic E-state index is 0.313. The van der Waals surface area contributed by atoms with E-state index in [0.29, 0.717) is 11.0 Å². The Balaban J connectivity index is 2.82. The molecule has 0 spiro atoms. The van der Waals surface area contributed by atoms with Crippen molar-refractivity contribution in [3.8, 4) is 0 Å². The van der Waals surface area contributed by atoms with Crippen molar-refractivity contribution < 1.29 is 35.9 Å². The molecule has 0 aromatic rings. The standard InChI is InChI=1S/C11H12F6N2O2/c1-2-8(20)19-5-6(18-9(21)11(15,16)17)3-4-7(19)10(12,13)14/h2,6-7H,1,3-5H2,(H,18,21)/t6-,7-/m0/s1. The largest absolute Gasteiger partial charge is 0.471 e. The summed E-state index contributed by atoms with van der Waals surface area (Å²) in [7, 11) is 0. The lowest BCUT2D eigenvalue weighted by Crippen LogP contribution is -2.59. The van der Waals surface area contributed by atoms with Crippen molar-refractivity contribution in [2.45, 2.75) is 37.3 Å². The quantitative estimate of drug-likeness (QED) is 0.623. The van der Waals surface area contributed by atoms with Gasteiger partial charge >= 0.3 is 18.3 Å². The number of hydrogen-bond acceptors (Lipinski definition) is 2. The molecule has 1 fully saturated rings. The maximum atomic E-state index is 12.8. The molecule has 2 amide bonds. The number of carbonyl (C=O) groups excluding carboxylic acids is 2. The van der Waals surface area contributed by atoms with Crippen LogP contribution < -0.4 is 5.32 Å². The maximum Gasteiger partial charge on any atom is 0.471 e. The molecule has 0 aromatic heterocycles. The van der Waals surface area contributed by atoms with E-state index in [4.69, 9.17) is 0 Å². The highest BCUT2D eigenvalue weighted by Crippen LogP contribution is 2.32. The normalized spacial score (nSPS) is 23.6. The number of alkyl halides is 6. The maximum absolute atomic E-state index is 12.8. The molecule has 1 heterocycles. The highest BCUT2D eigenvalue weighted by molar-refractivity contribution is 5.87. The minimum Gasteiger partial charge on any atom is -0.344 e. The number of hydrogen-bond donors (Lipinski definition) is 1. The molecular formula is C11H12F6N2O2. The first kappa shape index (κ1) is 17.3. The van der Waals surface area contributed by atoms with Gasteiger partial charge in [0.1, 0.15) is 6.04 Å². The molecule has 1 aliphatic heterocycles. The fourth-order valence-corrected chi connectivity index (χ4v) is 2.06. The van der Waals surface area contributed by atoms with Gasteiger partial charge in [0, 0.05) is 12.6 Å². The Hall–Kier alpha value is -1.74. The Morgan fingerprint density at radius 2 is 1.71 bits per heavy atom. The molecule has 0 unspecified atom stereocenters. The highest BCUT2D eigenvalue weighted by Gasteiger charge is 2.48. The molecular weight excluding hydrogens is 306 g/mol. The van der Waals surface area contributed by atoms with Crippen molar-refractivity contribution in [2.75, 3.05) is 6.54 Å². The van der Waals surface area contributed by atoms with Gasteiger partial charge in [-0.3, -0.25) is 9.59 Å². The Morgan fingerprint density at radius 1 is 1.14 bits per heavy atom. The van der Waals surface area contributed by atoms with E-state index in [1.54, 1.807) is 5.32 Å². The monoisotopic (exact) mass is 318 g/mol. The van der Waals surface area contributed by atoms with Crippen LogP contribution in [0.4, 0.5) is 26.3 Å². The van der Waals surface area contributed by atoms with Gasteiger partial charge in [-0.2, -0.15) is 26.3 Å². The summed E-state index contributed by atoms with van der Waals surface area (Å²) in [4.78, 5) is 22.6. The Bertz CT molecular complexity index is 431. The summed E-state index contributed by atoms with van der Waals surface area (Å²) in [5.74, 6) is -3.30. The zero-order valence-corrected chi connectivity index (χ0v) is 10.6. The van der Waals surface area contributed by atoms with Crippen LogP contribution in [0.3, 0.4) is 0 Å². The van der Waals surface area contributed by atoms with Crippen LogP contribution in [-0.2, 0) is 9.59 Å². The number of likely N-dealkylation sites (tertiary alicyclic amines) is 1. The second-order valence-corrected chi connectivity index (χ2v) is 4.50. The van der Waals surface area contributed by atoms with Gasteiger partial charge in [-0.25, -0.2) is 0 Å². The SMILES string of the molecule is C=CC(=O)N1C[C@@H](NC(=O)C(F)(F)F)CC[C@H]1C(F)(F)F. The van der Waals surface area contributed by atoms with E-state index in [0.717, 1.165) is 0 Å². The van der Waals surface area contributed by atoms with Crippen LogP contribution in [0.15, 0.2) is 12.7 Å². The lowest BCUT2D eigenvalue weighted by atomic mass is 9.97. The zero-order chi connectivity index (χ0) is 16.4. The molecule has 21 heavy (non-hydrogen) atoms. The third kappa shape index (κ3) is 4.36. The van der Waals surface area contributed by atoms with Crippen LogP contribution in [0, 0.1) is 0 Å². The number of rotatable bonds is 2. The number of nitrogens with one attached hydrogen (secondary N) is 1. The van der Waals surface area contributed by atoms with Gasteiger partial charge in [-0.1, -0.05) is 6.58 Å². The van der Waals surface area contributed by atoms with Gasteiger partial charge in [0.2, 0.25) is 5.91 Å². The van der Waals surface area contributed by atoms with Crippen molar-refractivity contribution in [3.05, 3.63) is 12.7 Å². The fraction of sp³-hybridized carbons (Fsp3) is 0.636. The van der Waals surface area contributed by atoms with Crippen molar-refractivity contribution in [1.29, 1.82) is 0 Å². The third-order valence-corrected chi connectivity index (χ3v) is 3.01. The average molecular weight is 318 g/mol. The van der Waals surface area contributed by atoms with E-state index in [-0.39, 0.29) is 6.42 Å². The molecule has 0 radical (unpaired) electrons. The van der Waals surface area contributed by atoms with Crippen molar-refractivity contribution >= 4 is 11.8 Å². The van der Waals surface area contributed by atoms with Crippen LogP contribution in [0.25, 0.3) is 0 Å². The number of amides is 2. The number of piperidine rings is 1. The van der Waals surface area contributed by atoms with Crippen LogP contribution in [0.2, 0.25) is 0 Å². The van der Waals surface area contributed by atoms with Gasteiger partial charge in [0.15, 0.2) is 0 Å². The second kappa shape index (κ2) is 5.94. The summed E-state index contributed by atoms with van der Waals surface area (Å²) in [6.07, 6.45) is -10.1. The average Bonchev–Trinajstić information content (AvgIpc) is 2.35. The highest BCUT2D eigenvalue weighted by atomic mass is 19.4. The molecule has 1 N–H and O–H groups in total. The molecule has 120 valence electrons. The molecule has 2 atom stereocenters. The first-order valence-corrected chi connectivity index (χ1v) is 5.84. The van der Waals surface area contributed by atoms with E-state index in [1.807, 2.05) is 0 Å². The predicted molar refractivity (Wildman–Crippen MR) is 59.0 cm³/mol. The zero-order valence-electron chi connectivity index (χ0n) is 10.6. The van der Waals surface area contributed by atoms with E-state index in [9.17, 15) is 35.9 Å². The summed E-state index contributed by atoms with van der Waals surface area (Å²) in [5.41, 5.74) is 0. The minimum atomic E-state index is -5.13. The number of carbonyl (C=O) groups is 2. The van der Waals surface area contributed by atoms with Gasteiger partial charge in [0.25, 0.3) is 0 Å². The van der Waals surface area contributed by atoms with E-state index >= 15 is 0 Å². The molecule has 1 aliphatic rings. The topological polar surface area (TPSA) is 49.4 Å². The molecule has 10 heteroatoms. The van der Waals surface area contributed by atoms with E-state index < -0.39 is 49.2 Å². The van der Waals surface area contributed by atoms with Crippen molar-refractivity contribution in [3.63, 3.8) is 0 Å². The Morgan fingerprint density at radius 3 is 2.14 bits per heavy atom. The first-order chi connectivity index (χ1) is 9.46. The molecule has 0 aromatic carbocycles.